The predicted octanol–water partition coefficient (Wildman–Crippen LogP) is 4.36. The number of carbonyl (C=O) groups excluding carboxylic acids is 5. The van der Waals surface area contributed by atoms with Gasteiger partial charge in [-0.15, -0.1) is 0 Å². The Morgan fingerprint density at radius 3 is 1.92 bits per heavy atom. The van der Waals surface area contributed by atoms with Crippen molar-refractivity contribution < 1.29 is 32.4 Å². The highest BCUT2D eigenvalue weighted by Gasteiger charge is 2.27. The van der Waals surface area contributed by atoms with Gasteiger partial charge in [-0.1, -0.05) is 80.0 Å². The summed E-state index contributed by atoms with van der Waals surface area (Å²) in [6.07, 6.45) is 1.38. The fourth-order valence-corrected chi connectivity index (χ4v) is 6.86. The topological polar surface area (TPSA) is 195 Å². The largest absolute Gasteiger partial charge is 0.355 e. The van der Waals surface area contributed by atoms with Crippen molar-refractivity contribution in [1.82, 2.24) is 31.9 Å². The number of hydrogen-bond acceptors (Lipinski definition) is 8. The summed E-state index contributed by atoms with van der Waals surface area (Å²) < 4.78 is 26.2. The number of nitrogens with zero attached hydrogens (tertiary/aromatic N) is 1. The first kappa shape index (κ1) is 46.9. The normalized spacial score (nSPS) is 13.3. The lowest BCUT2D eigenvalue weighted by atomic mass is 10.0. The van der Waals surface area contributed by atoms with Crippen LogP contribution in [0.25, 0.3) is 0 Å². The fourth-order valence-electron chi connectivity index (χ4n) is 6.17. The van der Waals surface area contributed by atoms with Crippen LogP contribution in [0.5, 0.6) is 0 Å². The van der Waals surface area contributed by atoms with E-state index in [9.17, 15) is 32.4 Å². The van der Waals surface area contributed by atoms with E-state index in [0.29, 0.717) is 17.0 Å². The molecule has 4 aromatic rings. The smallest absolute Gasteiger partial charge is 0.251 e. The molecule has 0 aliphatic carbocycles. The number of nitrogens with one attached hydrogen (secondary N) is 6. The molecule has 14 nitrogen and oxygen atoms in total. The fraction of sp³-hybridized carbons (Fsp3) is 0.341. The van der Waals surface area contributed by atoms with Crippen LogP contribution in [-0.2, 0) is 32.6 Å². The summed E-state index contributed by atoms with van der Waals surface area (Å²) in [4.78, 5) is 66.2. The standard InChI is InChI=1S/C44H54ClN7O7S/c1-27(2)39(44(57)48-25-31-16-18-32(19-17-31)41(54)46-5)51-40(53)29(4)47-26-37(20-30-12-9-8-10-13-30)50-43(56)35-21-34(23-38(24-35)52(6)60(7,58)59)42(55)49-28(3)33-14-11-15-36(45)22-33/h8-19,21-24,27-29,37,39,47H,20,25-26H2,1-7H3,(H,46,54)(H,48,57)(H,49,55)(H,50,56)(H,51,53)/t28-,29+,37+,39+/m1/s1. The van der Waals surface area contributed by atoms with Gasteiger partial charge in [0.15, 0.2) is 0 Å². The number of sulfonamides is 1. The lowest BCUT2D eigenvalue weighted by Crippen LogP contribution is -2.55. The van der Waals surface area contributed by atoms with Crippen LogP contribution in [0, 0.1) is 5.92 Å². The molecule has 4 aromatic carbocycles. The molecule has 0 saturated heterocycles. The summed E-state index contributed by atoms with van der Waals surface area (Å²) in [6, 6.07) is 24.8. The molecular formula is C44H54ClN7O7S. The second kappa shape index (κ2) is 21.5. The highest BCUT2D eigenvalue weighted by atomic mass is 35.5. The zero-order valence-electron chi connectivity index (χ0n) is 34.8. The van der Waals surface area contributed by atoms with Crippen molar-refractivity contribution in [2.45, 2.75) is 64.8 Å². The summed E-state index contributed by atoms with van der Waals surface area (Å²) >= 11 is 6.16. The van der Waals surface area contributed by atoms with E-state index in [2.05, 4.69) is 31.9 Å². The van der Waals surface area contributed by atoms with Crippen molar-refractivity contribution in [1.29, 1.82) is 0 Å². The first-order valence-electron chi connectivity index (χ1n) is 19.5. The van der Waals surface area contributed by atoms with Crippen LogP contribution in [0.2, 0.25) is 5.02 Å². The lowest BCUT2D eigenvalue weighted by molar-refractivity contribution is -0.131. The third kappa shape index (κ3) is 13.6. The number of anilines is 1. The molecule has 320 valence electrons. The molecule has 16 heteroatoms. The molecule has 0 aliphatic heterocycles. The van der Waals surface area contributed by atoms with E-state index in [1.54, 1.807) is 63.4 Å². The summed E-state index contributed by atoms with van der Waals surface area (Å²) in [5.74, 6) is -2.37. The number of carbonyl (C=O) groups is 5. The lowest BCUT2D eigenvalue weighted by Gasteiger charge is -2.26. The minimum atomic E-state index is -3.77. The first-order valence-corrected chi connectivity index (χ1v) is 21.7. The number of hydrogen-bond donors (Lipinski definition) is 6. The van der Waals surface area contributed by atoms with Gasteiger partial charge in [-0.2, -0.15) is 0 Å². The van der Waals surface area contributed by atoms with Gasteiger partial charge >= 0.3 is 0 Å². The van der Waals surface area contributed by atoms with Crippen molar-refractivity contribution in [3.63, 3.8) is 0 Å². The van der Waals surface area contributed by atoms with Gasteiger partial charge in [-0.25, -0.2) is 8.42 Å². The zero-order valence-corrected chi connectivity index (χ0v) is 36.4. The van der Waals surface area contributed by atoms with Crippen molar-refractivity contribution in [2.24, 2.45) is 5.92 Å². The van der Waals surface area contributed by atoms with Crippen LogP contribution in [0.15, 0.2) is 97.1 Å². The molecular weight excluding hydrogens is 806 g/mol. The Kier molecular flexibility index (Phi) is 16.8. The van der Waals surface area contributed by atoms with E-state index in [4.69, 9.17) is 11.6 Å². The van der Waals surface area contributed by atoms with E-state index in [0.717, 1.165) is 27.3 Å². The maximum atomic E-state index is 14.0. The summed E-state index contributed by atoms with van der Waals surface area (Å²) in [5.41, 5.74) is 3.14. The second-order valence-electron chi connectivity index (χ2n) is 15.0. The molecule has 4 atom stereocenters. The third-order valence-electron chi connectivity index (χ3n) is 9.88. The van der Waals surface area contributed by atoms with Crippen molar-refractivity contribution in [3.8, 4) is 0 Å². The Labute approximate surface area is 357 Å². The van der Waals surface area contributed by atoms with Crippen LogP contribution in [0.4, 0.5) is 5.69 Å². The second-order valence-corrected chi connectivity index (χ2v) is 17.4. The Morgan fingerprint density at radius 2 is 1.33 bits per heavy atom. The highest BCUT2D eigenvalue weighted by molar-refractivity contribution is 7.92. The van der Waals surface area contributed by atoms with E-state index in [-0.39, 0.29) is 47.6 Å². The monoisotopic (exact) mass is 859 g/mol. The highest BCUT2D eigenvalue weighted by Crippen LogP contribution is 2.23. The van der Waals surface area contributed by atoms with E-state index < -0.39 is 51.9 Å². The van der Waals surface area contributed by atoms with Crippen LogP contribution >= 0.6 is 11.6 Å². The maximum Gasteiger partial charge on any atom is 0.251 e. The molecule has 0 fully saturated rings. The molecule has 0 heterocycles. The maximum absolute atomic E-state index is 14.0. The Hall–Kier alpha value is -5.77. The zero-order chi connectivity index (χ0) is 44.1. The van der Waals surface area contributed by atoms with Crippen LogP contribution < -0.4 is 36.2 Å². The van der Waals surface area contributed by atoms with Gasteiger partial charge in [-0.05, 0) is 85.3 Å². The molecule has 0 radical (unpaired) electrons. The minimum absolute atomic E-state index is 0.0422. The van der Waals surface area contributed by atoms with E-state index >= 15 is 0 Å². The number of rotatable bonds is 19. The molecule has 5 amide bonds. The molecule has 0 spiro atoms. The van der Waals surface area contributed by atoms with E-state index in [1.807, 2.05) is 50.2 Å². The Bertz CT molecular complexity index is 2260. The van der Waals surface area contributed by atoms with Crippen LogP contribution in [0.1, 0.15) is 81.5 Å². The van der Waals surface area contributed by atoms with Crippen LogP contribution in [0.3, 0.4) is 0 Å². The van der Waals surface area contributed by atoms with Gasteiger partial charge in [0, 0.05) is 54.9 Å². The molecule has 0 bridgehead atoms. The molecule has 4 rings (SSSR count). The summed E-state index contributed by atoms with van der Waals surface area (Å²) in [5, 5.41) is 17.9. The van der Waals surface area contributed by atoms with Gasteiger partial charge in [0.1, 0.15) is 6.04 Å². The average Bonchev–Trinajstić information content (AvgIpc) is 3.22. The molecule has 0 aromatic heterocycles. The van der Waals surface area contributed by atoms with Gasteiger partial charge in [0.25, 0.3) is 17.7 Å². The van der Waals surface area contributed by atoms with Crippen LogP contribution in [-0.4, -0.2) is 83.0 Å². The molecule has 6 N–H and O–H groups in total. The SMILES string of the molecule is CNC(=O)c1ccc(CNC(=O)[C@@H](NC(=O)[C@H](C)NC[C@H](Cc2ccccc2)NC(=O)c2cc(C(=O)N[C@H](C)c3cccc(Cl)c3)cc(N(C)S(C)(=O)=O)c2)C(C)C)cc1. The number of benzene rings is 4. The third-order valence-corrected chi connectivity index (χ3v) is 11.3. The quantitative estimate of drug-likeness (QED) is 0.0801. The van der Waals surface area contributed by atoms with Gasteiger partial charge in [0.05, 0.1) is 24.0 Å². The number of halogens is 1. The Morgan fingerprint density at radius 1 is 0.700 bits per heavy atom. The van der Waals surface area contributed by atoms with Gasteiger partial charge in [-0.3, -0.25) is 28.3 Å². The van der Waals surface area contributed by atoms with Crippen molar-refractivity contribution in [2.75, 3.05) is 31.2 Å². The first-order chi connectivity index (χ1) is 28.4. The van der Waals surface area contributed by atoms with Gasteiger partial charge in [0.2, 0.25) is 21.8 Å². The predicted molar refractivity (Wildman–Crippen MR) is 234 cm³/mol. The van der Waals surface area contributed by atoms with E-state index in [1.165, 1.54) is 25.2 Å². The minimum Gasteiger partial charge on any atom is -0.355 e. The molecule has 0 aliphatic rings. The van der Waals surface area contributed by atoms with Gasteiger partial charge < -0.3 is 31.9 Å². The molecule has 60 heavy (non-hydrogen) atoms. The Balaban J connectivity index is 1.49. The molecule has 0 saturated carbocycles. The summed E-state index contributed by atoms with van der Waals surface area (Å²) in [7, 11) is -0.893. The van der Waals surface area contributed by atoms with Crippen molar-refractivity contribution >= 4 is 56.8 Å². The number of amides is 5. The average molecular weight is 860 g/mol. The van der Waals surface area contributed by atoms with Crippen molar-refractivity contribution in [3.05, 3.63) is 135 Å². The molecule has 0 unspecified atom stereocenters. The summed E-state index contributed by atoms with van der Waals surface area (Å²) in [6.45, 7) is 7.41.